The van der Waals surface area contributed by atoms with Crippen LogP contribution in [0.15, 0.2) is 0 Å². The van der Waals surface area contributed by atoms with Gasteiger partial charge < -0.3 is 15.5 Å². The van der Waals surface area contributed by atoms with Gasteiger partial charge in [0.15, 0.2) is 0 Å². The van der Waals surface area contributed by atoms with Gasteiger partial charge in [-0.25, -0.2) is 0 Å². The molecule has 2 aliphatic heterocycles. The Labute approximate surface area is 115 Å². The summed E-state index contributed by atoms with van der Waals surface area (Å²) in [5.74, 6) is 0.715. The van der Waals surface area contributed by atoms with E-state index in [1.54, 1.807) is 4.90 Å². The van der Waals surface area contributed by atoms with Gasteiger partial charge >= 0.3 is 0 Å². The van der Waals surface area contributed by atoms with Crippen LogP contribution in [0.4, 0.5) is 0 Å². The van der Waals surface area contributed by atoms with Crippen molar-refractivity contribution in [3.05, 3.63) is 0 Å². The van der Waals surface area contributed by atoms with Crippen molar-refractivity contribution >= 4 is 11.8 Å². The van der Waals surface area contributed by atoms with E-state index in [-0.39, 0.29) is 23.8 Å². The van der Waals surface area contributed by atoms with Gasteiger partial charge in [0.05, 0.1) is 5.92 Å². The molecule has 5 heteroatoms. The molecule has 0 aromatic carbocycles. The second-order valence-electron chi connectivity index (χ2n) is 5.88. The summed E-state index contributed by atoms with van der Waals surface area (Å²) in [5.41, 5.74) is 5.80. The number of carbonyl (C=O) groups is 2. The minimum atomic E-state index is -0.157. The lowest BCUT2D eigenvalue weighted by Gasteiger charge is -2.39. The first kappa shape index (κ1) is 14.3. The van der Waals surface area contributed by atoms with Crippen LogP contribution in [0.5, 0.6) is 0 Å². The highest BCUT2D eigenvalue weighted by atomic mass is 16.2. The summed E-state index contributed by atoms with van der Waals surface area (Å²) in [7, 11) is 0. The van der Waals surface area contributed by atoms with Gasteiger partial charge in [-0.3, -0.25) is 9.59 Å². The molecule has 2 aliphatic rings. The van der Waals surface area contributed by atoms with Gasteiger partial charge in [0.1, 0.15) is 0 Å². The van der Waals surface area contributed by atoms with Gasteiger partial charge in [-0.05, 0) is 25.7 Å². The minimum absolute atomic E-state index is 0.107. The van der Waals surface area contributed by atoms with Crippen LogP contribution < -0.4 is 5.73 Å². The van der Waals surface area contributed by atoms with Crippen LogP contribution in [0.2, 0.25) is 0 Å². The van der Waals surface area contributed by atoms with Crippen molar-refractivity contribution in [3.8, 4) is 0 Å². The number of amides is 2. The third-order valence-electron chi connectivity index (χ3n) is 4.48. The van der Waals surface area contributed by atoms with Gasteiger partial charge in [0, 0.05) is 38.6 Å². The smallest absolute Gasteiger partial charge is 0.228 e. The second-order valence-corrected chi connectivity index (χ2v) is 5.88. The van der Waals surface area contributed by atoms with Gasteiger partial charge in [-0.1, -0.05) is 6.92 Å². The van der Waals surface area contributed by atoms with Crippen LogP contribution in [0.1, 0.15) is 33.1 Å². The number of carbonyl (C=O) groups excluding carboxylic acids is 2. The van der Waals surface area contributed by atoms with Crippen molar-refractivity contribution in [1.29, 1.82) is 0 Å². The van der Waals surface area contributed by atoms with Crippen molar-refractivity contribution in [2.75, 3.05) is 26.2 Å². The number of hydrogen-bond donors (Lipinski definition) is 1. The van der Waals surface area contributed by atoms with Crippen LogP contribution >= 0.6 is 0 Å². The molecular weight excluding hydrogens is 242 g/mol. The Kier molecular flexibility index (Phi) is 4.45. The molecule has 0 radical (unpaired) electrons. The van der Waals surface area contributed by atoms with E-state index < -0.39 is 0 Å². The summed E-state index contributed by atoms with van der Waals surface area (Å²) in [6, 6.07) is 0.155. The average molecular weight is 267 g/mol. The van der Waals surface area contributed by atoms with E-state index in [9.17, 15) is 9.59 Å². The fourth-order valence-electron chi connectivity index (χ4n) is 3.24. The molecule has 108 valence electrons. The number of nitrogens with zero attached hydrogens (tertiary/aromatic N) is 2. The normalized spacial score (nSPS) is 31.9. The summed E-state index contributed by atoms with van der Waals surface area (Å²) in [4.78, 5) is 28.0. The number of hydrogen-bond acceptors (Lipinski definition) is 3. The molecule has 0 saturated carbocycles. The number of rotatable bonds is 3. The lowest BCUT2D eigenvalue weighted by Crippen LogP contribution is -2.51. The zero-order valence-electron chi connectivity index (χ0n) is 12.0. The van der Waals surface area contributed by atoms with Crippen LogP contribution in [-0.2, 0) is 9.59 Å². The molecule has 2 heterocycles. The Balaban J connectivity index is 2.01. The van der Waals surface area contributed by atoms with E-state index in [4.69, 9.17) is 5.73 Å². The Morgan fingerprint density at radius 1 is 1.47 bits per heavy atom. The van der Waals surface area contributed by atoms with Crippen molar-refractivity contribution in [2.45, 2.75) is 39.2 Å². The molecule has 0 aromatic heterocycles. The second kappa shape index (κ2) is 5.90. The fourth-order valence-corrected chi connectivity index (χ4v) is 3.24. The van der Waals surface area contributed by atoms with Crippen molar-refractivity contribution < 1.29 is 9.59 Å². The summed E-state index contributed by atoms with van der Waals surface area (Å²) < 4.78 is 0. The quantitative estimate of drug-likeness (QED) is 0.807. The predicted molar refractivity (Wildman–Crippen MR) is 73.3 cm³/mol. The molecule has 2 rings (SSSR count). The maximum Gasteiger partial charge on any atom is 0.228 e. The highest BCUT2D eigenvalue weighted by Gasteiger charge is 2.38. The van der Waals surface area contributed by atoms with Crippen molar-refractivity contribution in [3.63, 3.8) is 0 Å². The van der Waals surface area contributed by atoms with Crippen molar-refractivity contribution in [1.82, 2.24) is 9.80 Å². The lowest BCUT2D eigenvalue weighted by atomic mass is 9.91. The zero-order chi connectivity index (χ0) is 14.0. The van der Waals surface area contributed by atoms with Crippen LogP contribution in [-0.4, -0.2) is 53.8 Å². The molecule has 0 spiro atoms. The molecule has 2 fully saturated rings. The molecule has 19 heavy (non-hydrogen) atoms. The molecule has 2 N–H and O–H groups in total. The predicted octanol–water partition coefficient (Wildman–Crippen LogP) is 0.441. The molecule has 2 saturated heterocycles. The van der Waals surface area contributed by atoms with Gasteiger partial charge in [0.2, 0.25) is 11.8 Å². The molecule has 0 bridgehead atoms. The third kappa shape index (κ3) is 2.91. The molecular formula is C14H25N3O2. The van der Waals surface area contributed by atoms with E-state index in [1.165, 1.54) is 0 Å². The zero-order valence-corrected chi connectivity index (χ0v) is 12.0. The highest BCUT2D eigenvalue weighted by molar-refractivity contribution is 5.89. The van der Waals surface area contributed by atoms with Gasteiger partial charge in [0.25, 0.3) is 0 Å². The van der Waals surface area contributed by atoms with Gasteiger partial charge in [-0.2, -0.15) is 0 Å². The number of likely N-dealkylation sites (tertiary alicyclic amines) is 2. The van der Waals surface area contributed by atoms with E-state index in [0.717, 1.165) is 19.4 Å². The summed E-state index contributed by atoms with van der Waals surface area (Å²) in [6.45, 7) is 6.75. The third-order valence-corrected chi connectivity index (χ3v) is 4.48. The van der Waals surface area contributed by atoms with Crippen LogP contribution in [0.25, 0.3) is 0 Å². The first-order valence-corrected chi connectivity index (χ1v) is 7.35. The standard InChI is InChI=1S/C14H25N3O2/c1-3-16-9-11(7-13(16)18)14(19)17-5-4-10(2)6-12(17)8-15/h10-12H,3-9,15H2,1-2H3. The molecule has 0 aromatic rings. The van der Waals surface area contributed by atoms with Gasteiger partial charge in [-0.15, -0.1) is 0 Å². The molecule has 2 amide bonds. The first-order chi connectivity index (χ1) is 9.06. The summed E-state index contributed by atoms with van der Waals surface area (Å²) in [5, 5.41) is 0. The minimum Gasteiger partial charge on any atom is -0.342 e. The highest BCUT2D eigenvalue weighted by Crippen LogP contribution is 2.26. The fraction of sp³-hybridized carbons (Fsp3) is 0.857. The summed E-state index contributed by atoms with van der Waals surface area (Å²) in [6.07, 6.45) is 2.40. The molecule has 3 atom stereocenters. The van der Waals surface area contributed by atoms with E-state index in [2.05, 4.69) is 6.92 Å². The van der Waals surface area contributed by atoms with Crippen LogP contribution in [0, 0.1) is 11.8 Å². The SMILES string of the molecule is CCN1CC(C(=O)N2CCC(C)CC2CN)CC1=O. The summed E-state index contributed by atoms with van der Waals surface area (Å²) >= 11 is 0. The van der Waals surface area contributed by atoms with E-state index >= 15 is 0 Å². The number of piperidine rings is 1. The Hall–Kier alpha value is -1.10. The average Bonchev–Trinajstić information content (AvgIpc) is 2.79. The molecule has 0 aliphatic carbocycles. The maximum atomic E-state index is 12.6. The monoisotopic (exact) mass is 267 g/mol. The number of nitrogens with two attached hydrogens (primary N) is 1. The lowest BCUT2D eigenvalue weighted by molar-refractivity contribution is -0.139. The Morgan fingerprint density at radius 3 is 2.79 bits per heavy atom. The van der Waals surface area contributed by atoms with Crippen molar-refractivity contribution in [2.24, 2.45) is 17.6 Å². The first-order valence-electron chi connectivity index (χ1n) is 7.35. The Morgan fingerprint density at radius 2 is 2.21 bits per heavy atom. The molecule has 3 unspecified atom stereocenters. The topological polar surface area (TPSA) is 66.6 Å². The van der Waals surface area contributed by atoms with E-state index in [0.29, 0.717) is 32.0 Å². The Bertz CT molecular complexity index is 359. The van der Waals surface area contributed by atoms with Crippen LogP contribution in [0.3, 0.4) is 0 Å². The largest absolute Gasteiger partial charge is 0.342 e. The van der Waals surface area contributed by atoms with E-state index in [1.807, 2.05) is 11.8 Å². The molecule has 5 nitrogen and oxygen atoms in total. The maximum absolute atomic E-state index is 12.6.